The summed E-state index contributed by atoms with van der Waals surface area (Å²) in [6.45, 7) is 3.98. The number of ketones is 1. The van der Waals surface area contributed by atoms with Crippen molar-refractivity contribution in [1.82, 2.24) is 0 Å². The second-order valence-corrected chi connectivity index (χ2v) is 3.47. The SMILES string of the molecule is C/C=C(\CC)C(=O)C1=CCCCC1. The number of carbonyl (C=O) groups is 1. The highest BCUT2D eigenvalue weighted by atomic mass is 16.1. The van der Waals surface area contributed by atoms with Crippen LogP contribution in [0, 0.1) is 0 Å². The first-order chi connectivity index (χ1) is 6.29. The molecular formula is C12H18O. The Balaban J connectivity index is 2.71. The molecule has 0 amide bonds. The molecule has 1 aliphatic carbocycles. The molecule has 0 bridgehead atoms. The number of Topliss-reactive ketones (excluding diaryl/α,β-unsaturated/α-hetero) is 1. The standard InChI is InChI=1S/C12H18O/c1-3-10(4-2)12(13)11-8-6-5-7-9-11/h3,8H,4-7,9H2,1-2H3/b10-3+. The lowest BCUT2D eigenvalue weighted by atomic mass is 9.92. The van der Waals surface area contributed by atoms with Crippen LogP contribution in [0.25, 0.3) is 0 Å². The second-order valence-electron chi connectivity index (χ2n) is 3.47. The van der Waals surface area contributed by atoms with Gasteiger partial charge in [0.15, 0.2) is 5.78 Å². The Kier molecular flexibility index (Phi) is 3.94. The molecule has 0 heterocycles. The minimum absolute atomic E-state index is 0.282. The Labute approximate surface area is 80.5 Å². The van der Waals surface area contributed by atoms with E-state index in [0.29, 0.717) is 0 Å². The van der Waals surface area contributed by atoms with Gasteiger partial charge in [-0.3, -0.25) is 4.79 Å². The highest BCUT2D eigenvalue weighted by Gasteiger charge is 2.14. The molecule has 1 heteroatoms. The molecule has 13 heavy (non-hydrogen) atoms. The van der Waals surface area contributed by atoms with Crippen molar-refractivity contribution in [2.24, 2.45) is 0 Å². The van der Waals surface area contributed by atoms with Crippen LogP contribution in [0.4, 0.5) is 0 Å². The first-order valence-corrected chi connectivity index (χ1v) is 5.18. The predicted octanol–water partition coefficient (Wildman–Crippen LogP) is 3.41. The van der Waals surface area contributed by atoms with E-state index in [1.54, 1.807) is 0 Å². The van der Waals surface area contributed by atoms with Gasteiger partial charge >= 0.3 is 0 Å². The summed E-state index contributed by atoms with van der Waals surface area (Å²) in [6.07, 6.45) is 9.40. The molecule has 0 atom stereocenters. The van der Waals surface area contributed by atoms with Gasteiger partial charge in [-0.2, -0.15) is 0 Å². The molecule has 0 saturated heterocycles. The van der Waals surface area contributed by atoms with Crippen molar-refractivity contribution < 1.29 is 4.79 Å². The van der Waals surface area contributed by atoms with E-state index in [-0.39, 0.29) is 5.78 Å². The van der Waals surface area contributed by atoms with Crippen LogP contribution in [0.1, 0.15) is 46.0 Å². The largest absolute Gasteiger partial charge is 0.289 e. The summed E-state index contributed by atoms with van der Waals surface area (Å²) in [5, 5.41) is 0. The molecule has 0 aliphatic heterocycles. The van der Waals surface area contributed by atoms with Gasteiger partial charge in [-0.15, -0.1) is 0 Å². The van der Waals surface area contributed by atoms with Gasteiger partial charge in [-0.05, 0) is 50.2 Å². The van der Waals surface area contributed by atoms with Crippen LogP contribution in [0.3, 0.4) is 0 Å². The van der Waals surface area contributed by atoms with Crippen molar-refractivity contribution >= 4 is 5.78 Å². The smallest absolute Gasteiger partial charge is 0.184 e. The Morgan fingerprint density at radius 2 is 2.31 bits per heavy atom. The van der Waals surface area contributed by atoms with Crippen molar-refractivity contribution in [2.75, 3.05) is 0 Å². The Morgan fingerprint density at radius 3 is 2.77 bits per heavy atom. The molecule has 1 rings (SSSR count). The third-order valence-corrected chi connectivity index (χ3v) is 2.60. The first kappa shape index (κ1) is 10.2. The molecule has 0 radical (unpaired) electrons. The van der Waals surface area contributed by atoms with Crippen LogP contribution < -0.4 is 0 Å². The van der Waals surface area contributed by atoms with E-state index in [2.05, 4.69) is 6.08 Å². The number of hydrogen-bond acceptors (Lipinski definition) is 1. The molecule has 72 valence electrons. The van der Waals surface area contributed by atoms with Gasteiger partial charge in [0.1, 0.15) is 0 Å². The van der Waals surface area contributed by atoms with Crippen molar-refractivity contribution in [3.63, 3.8) is 0 Å². The van der Waals surface area contributed by atoms with E-state index in [9.17, 15) is 4.79 Å². The van der Waals surface area contributed by atoms with E-state index < -0.39 is 0 Å². The van der Waals surface area contributed by atoms with Gasteiger partial charge in [0, 0.05) is 0 Å². The van der Waals surface area contributed by atoms with E-state index in [1.165, 1.54) is 12.8 Å². The zero-order chi connectivity index (χ0) is 9.68. The minimum Gasteiger partial charge on any atom is -0.289 e. The molecule has 0 unspecified atom stereocenters. The minimum atomic E-state index is 0.282. The number of rotatable bonds is 3. The lowest BCUT2D eigenvalue weighted by Gasteiger charge is -2.12. The van der Waals surface area contributed by atoms with Crippen LogP contribution in [-0.4, -0.2) is 5.78 Å². The van der Waals surface area contributed by atoms with Crippen LogP contribution in [0.2, 0.25) is 0 Å². The molecule has 0 aromatic heterocycles. The van der Waals surface area contributed by atoms with Crippen LogP contribution in [0.5, 0.6) is 0 Å². The maximum absolute atomic E-state index is 11.8. The van der Waals surface area contributed by atoms with Gasteiger partial charge in [-0.25, -0.2) is 0 Å². The van der Waals surface area contributed by atoms with Crippen molar-refractivity contribution in [3.05, 3.63) is 23.3 Å². The average molecular weight is 178 g/mol. The fourth-order valence-electron chi connectivity index (χ4n) is 1.75. The summed E-state index contributed by atoms with van der Waals surface area (Å²) >= 11 is 0. The van der Waals surface area contributed by atoms with Gasteiger partial charge < -0.3 is 0 Å². The third kappa shape index (κ3) is 2.55. The van der Waals surface area contributed by atoms with E-state index in [4.69, 9.17) is 0 Å². The van der Waals surface area contributed by atoms with Crippen LogP contribution in [0.15, 0.2) is 23.3 Å². The Hall–Kier alpha value is -0.850. The highest BCUT2D eigenvalue weighted by Crippen LogP contribution is 2.21. The zero-order valence-corrected chi connectivity index (χ0v) is 8.60. The van der Waals surface area contributed by atoms with Gasteiger partial charge in [-0.1, -0.05) is 19.1 Å². The topological polar surface area (TPSA) is 17.1 Å². The van der Waals surface area contributed by atoms with E-state index >= 15 is 0 Å². The second kappa shape index (κ2) is 5.00. The van der Waals surface area contributed by atoms with Crippen molar-refractivity contribution in [2.45, 2.75) is 46.0 Å². The fourth-order valence-corrected chi connectivity index (χ4v) is 1.75. The molecule has 0 fully saturated rings. The monoisotopic (exact) mass is 178 g/mol. The van der Waals surface area contributed by atoms with E-state index in [0.717, 1.165) is 30.4 Å². The van der Waals surface area contributed by atoms with Crippen LogP contribution in [-0.2, 0) is 4.79 Å². The van der Waals surface area contributed by atoms with Crippen molar-refractivity contribution in [3.8, 4) is 0 Å². The quantitative estimate of drug-likeness (QED) is 0.605. The summed E-state index contributed by atoms with van der Waals surface area (Å²) in [4.78, 5) is 11.8. The lowest BCUT2D eigenvalue weighted by molar-refractivity contribution is -0.112. The molecule has 0 aromatic carbocycles. The van der Waals surface area contributed by atoms with Gasteiger partial charge in [0.25, 0.3) is 0 Å². The molecular weight excluding hydrogens is 160 g/mol. The summed E-state index contributed by atoms with van der Waals surface area (Å²) in [5.74, 6) is 0.282. The molecule has 0 saturated carbocycles. The fraction of sp³-hybridized carbons (Fsp3) is 0.583. The third-order valence-electron chi connectivity index (χ3n) is 2.60. The number of allylic oxidation sites excluding steroid dienone is 4. The number of hydrogen-bond donors (Lipinski definition) is 0. The maximum atomic E-state index is 11.8. The molecule has 0 spiro atoms. The van der Waals surface area contributed by atoms with Crippen molar-refractivity contribution in [1.29, 1.82) is 0 Å². The normalized spacial score (nSPS) is 18.3. The summed E-state index contributed by atoms with van der Waals surface area (Å²) in [6, 6.07) is 0. The summed E-state index contributed by atoms with van der Waals surface area (Å²) in [7, 11) is 0. The number of carbonyl (C=O) groups excluding carboxylic acids is 1. The summed E-state index contributed by atoms with van der Waals surface area (Å²) in [5.41, 5.74) is 2.01. The highest BCUT2D eigenvalue weighted by molar-refractivity contribution is 6.08. The lowest BCUT2D eigenvalue weighted by Crippen LogP contribution is -2.08. The molecule has 1 nitrogen and oxygen atoms in total. The molecule has 1 aliphatic rings. The Bertz CT molecular complexity index is 246. The Morgan fingerprint density at radius 1 is 1.54 bits per heavy atom. The predicted molar refractivity (Wildman–Crippen MR) is 55.6 cm³/mol. The van der Waals surface area contributed by atoms with Gasteiger partial charge in [0.2, 0.25) is 0 Å². The maximum Gasteiger partial charge on any atom is 0.184 e. The first-order valence-electron chi connectivity index (χ1n) is 5.18. The molecule has 0 N–H and O–H groups in total. The summed E-state index contributed by atoms with van der Waals surface area (Å²) < 4.78 is 0. The van der Waals surface area contributed by atoms with Gasteiger partial charge in [0.05, 0.1) is 0 Å². The van der Waals surface area contributed by atoms with Crippen LogP contribution >= 0.6 is 0 Å². The molecule has 0 aromatic rings. The zero-order valence-electron chi connectivity index (χ0n) is 8.60. The van der Waals surface area contributed by atoms with E-state index in [1.807, 2.05) is 19.9 Å². The average Bonchev–Trinajstić information content (AvgIpc) is 2.21.